The summed E-state index contributed by atoms with van der Waals surface area (Å²) in [4.78, 5) is 10.5. The fraction of sp³-hybridized carbons (Fsp3) is 0.381. The Bertz CT molecular complexity index is 742. The number of hydrogen-bond donors (Lipinski definition) is 5. The zero-order chi connectivity index (χ0) is 20.5. The Balaban J connectivity index is 1.76. The summed E-state index contributed by atoms with van der Waals surface area (Å²) in [7, 11) is 0. The smallest absolute Gasteiger partial charge is 0.303 e. The molecule has 0 aliphatic heterocycles. The SMILES string of the molecule is CC(Cc1ccc(OCCCC(=O)O)cc1)NCC(O)c1cc(O)cc(O)c1. The van der Waals surface area contributed by atoms with Gasteiger partial charge in [0.1, 0.15) is 17.2 Å². The predicted molar refractivity (Wildman–Crippen MR) is 105 cm³/mol. The van der Waals surface area contributed by atoms with E-state index in [2.05, 4.69) is 5.32 Å². The van der Waals surface area contributed by atoms with E-state index >= 15 is 0 Å². The number of phenolic OH excluding ortho intramolecular Hbond substituents is 2. The first-order chi connectivity index (χ1) is 13.3. The fourth-order valence-electron chi connectivity index (χ4n) is 2.80. The van der Waals surface area contributed by atoms with Crippen molar-refractivity contribution in [2.45, 2.75) is 38.3 Å². The quantitative estimate of drug-likeness (QED) is 0.375. The molecule has 2 aromatic carbocycles. The molecule has 0 heterocycles. The van der Waals surface area contributed by atoms with Gasteiger partial charge in [0.15, 0.2) is 0 Å². The topological polar surface area (TPSA) is 119 Å². The van der Waals surface area contributed by atoms with Gasteiger partial charge in [0.2, 0.25) is 0 Å². The van der Waals surface area contributed by atoms with Gasteiger partial charge in [-0.25, -0.2) is 0 Å². The third-order valence-electron chi connectivity index (χ3n) is 4.24. The van der Waals surface area contributed by atoms with Gasteiger partial charge in [-0.3, -0.25) is 4.79 Å². The number of aliphatic carboxylic acids is 1. The lowest BCUT2D eigenvalue weighted by Gasteiger charge is -2.18. The normalized spacial score (nSPS) is 13.1. The van der Waals surface area contributed by atoms with Crippen LogP contribution in [0.2, 0.25) is 0 Å². The second-order valence-electron chi connectivity index (χ2n) is 6.80. The number of benzene rings is 2. The summed E-state index contributed by atoms with van der Waals surface area (Å²) in [6, 6.07) is 11.8. The molecule has 0 radical (unpaired) electrons. The van der Waals surface area contributed by atoms with Crippen molar-refractivity contribution in [1.82, 2.24) is 5.32 Å². The Morgan fingerprint density at radius 2 is 1.75 bits per heavy atom. The third kappa shape index (κ3) is 7.46. The highest BCUT2D eigenvalue weighted by atomic mass is 16.5. The summed E-state index contributed by atoms with van der Waals surface area (Å²) in [5.74, 6) is -0.306. The standard InChI is InChI=1S/C21H27NO6/c1-14(22-13-20(25)16-10-17(23)12-18(24)11-16)9-15-4-6-19(7-5-15)28-8-2-3-21(26)27/h4-7,10-12,14,20,22-25H,2-3,8-9,13H2,1H3,(H,26,27). The number of carboxylic acids is 1. The number of phenols is 2. The number of aliphatic hydroxyl groups is 1. The van der Waals surface area contributed by atoms with Gasteiger partial charge in [-0.1, -0.05) is 12.1 Å². The van der Waals surface area contributed by atoms with Gasteiger partial charge in [0.25, 0.3) is 0 Å². The molecule has 2 aromatic rings. The van der Waals surface area contributed by atoms with Crippen molar-refractivity contribution in [2.75, 3.05) is 13.2 Å². The minimum Gasteiger partial charge on any atom is -0.508 e. The van der Waals surface area contributed by atoms with Crippen molar-refractivity contribution in [2.24, 2.45) is 0 Å². The molecular formula is C21H27NO6. The van der Waals surface area contributed by atoms with Crippen molar-refractivity contribution in [3.05, 3.63) is 53.6 Å². The lowest BCUT2D eigenvalue weighted by atomic mass is 10.1. The molecule has 0 aliphatic rings. The van der Waals surface area contributed by atoms with Crippen LogP contribution in [0.5, 0.6) is 17.2 Å². The number of aliphatic hydroxyl groups excluding tert-OH is 1. The lowest BCUT2D eigenvalue weighted by Crippen LogP contribution is -2.32. The van der Waals surface area contributed by atoms with Crippen molar-refractivity contribution in [1.29, 1.82) is 0 Å². The molecule has 0 spiro atoms. The van der Waals surface area contributed by atoms with Crippen LogP contribution < -0.4 is 10.1 Å². The monoisotopic (exact) mass is 389 g/mol. The van der Waals surface area contributed by atoms with Crippen LogP contribution in [0.4, 0.5) is 0 Å². The zero-order valence-electron chi connectivity index (χ0n) is 15.8. The third-order valence-corrected chi connectivity index (χ3v) is 4.24. The number of ether oxygens (including phenoxy) is 1. The number of rotatable bonds is 11. The van der Waals surface area contributed by atoms with Gasteiger partial charge in [0, 0.05) is 25.1 Å². The van der Waals surface area contributed by atoms with Crippen LogP contribution >= 0.6 is 0 Å². The molecule has 0 bridgehead atoms. The highest BCUT2D eigenvalue weighted by molar-refractivity contribution is 5.66. The van der Waals surface area contributed by atoms with E-state index in [0.29, 0.717) is 24.3 Å². The van der Waals surface area contributed by atoms with E-state index in [1.165, 1.54) is 18.2 Å². The first kappa shape index (κ1) is 21.5. The molecular weight excluding hydrogens is 362 g/mol. The minimum atomic E-state index is -0.845. The number of aromatic hydroxyl groups is 2. The van der Waals surface area contributed by atoms with Gasteiger partial charge in [-0.2, -0.15) is 0 Å². The van der Waals surface area contributed by atoms with Gasteiger partial charge in [-0.15, -0.1) is 0 Å². The van der Waals surface area contributed by atoms with Crippen LogP contribution in [-0.4, -0.2) is 45.6 Å². The number of carbonyl (C=O) groups is 1. The van der Waals surface area contributed by atoms with Crippen LogP contribution in [-0.2, 0) is 11.2 Å². The second-order valence-corrected chi connectivity index (χ2v) is 6.80. The van der Waals surface area contributed by atoms with E-state index in [-0.39, 0.29) is 30.5 Å². The maximum absolute atomic E-state index is 10.5. The van der Waals surface area contributed by atoms with E-state index in [0.717, 1.165) is 12.0 Å². The van der Waals surface area contributed by atoms with Gasteiger partial charge >= 0.3 is 5.97 Å². The highest BCUT2D eigenvalue weighted by Gasteiger charge is 2.12. The Morgan fingerprint density at radius 3 is 2.36 bits per heavy atom. The highest BCUT2D eigenvalue weighted by Crippen LogP contribution is 2.24. The average Bonchev–Trinajstić information content (AvgIpc) is 2.63. The summed E-state index contributed by atoms with van der Waals surface area (Å²) < 4.78 is 5.51. The summed E-state index contributed by atoms with van der Waals surface area (Å²) in [6.07, 6.45) is 0.464. The van der Waals surface area contributed by atoms with Crippen molar-refractivity contribution < 1.29 is 30.0 Å². The maximum atomic E-state index is 10.5. The van der Waals surface area contributed by atoms with Gasteiger partial charge in [-0.05, 0) is 55.2 Å². The minimum absolute atomic E-state index is 0.0904. The van der Waals surface area contributed by atoms with Crippen LogP contribution in [0.25, 0.3) is 0 Å². The van der Waals surface area contributed by atoms with Gasteiger partial charge in [0.05, 0.1) is 12.7 Å². The molecule has 7 heteroatoms. The summed E-state index contributed by atoms with van der Waals surface area (Å²) in [5, 5.41) is 41.1. The van der Waals surface area contributed by atoms with Crippen molar-refractivity contribution >= 4 is 5.97 Å². The Hall–Kier alpha value is -2.77. The molecule has 0 aliphatic carbocycles. The van der Waals surface area contributed by atoms with Crippen molar-refractivity contribution in [3.63, 3.8) is 0 Å². The zero-order valence-corrected chi connectivity index (χ0v) is 15.8. The molecule has 2 unspecified atom stereocenters. The fourth-order valence-corrected chi connectivity index (χ4v) is 2.80. The van der Waals surface area contributed by atoms with E-state index in [9.17, 15) is 20.1 Å². The Morgan fingerprint density at radius 1 is 1.11 bits per heavy atom. The molecule has 7 nitrogen and oxygen atoms in total. The molecule has 0 saturated heterocycles. The van der Waals surface area contributed by atoms with Gasteiger partial charge < -0.3 is 30.5 Å². The van der Waals surface area contributed by atoms with E-state index in [1.54, 1.807) is 0 Å². The number of hydrogen-bond acceptors (Lipinski definition) is 6. The van der Waals surface area contributed by atoms with Crippen LogP contribution in [0.3, 0.4) is 0 Å². The first-order valence-corrected chi connectivity index (χ1v) is 9.21. The molecule has 0 saturated carbocycles. The molecule has 0 aromatic heterocycles. The Labute approximate surface area is 164 Å². The molecule has 2 rings (SSSR count). The number of carboxylic acid groups (broad SMARTS) is 1. The lowest BCUT2D eigenvalue weighted by molar-refractivity contribution is -0.137. The molecule has 5 N–H and O–H groups in total. The largest absolute Gasteiger partial charge is 0.508 e. The predicted octanol–water partition coefficient (Wildman–Crippen LogP) is 2.60. The summed E-state index contributed by atoms with van der Waals surface area (Å²) in [5.41, 5.74) is 1.55. The molecule has 0 fully saturated rings. The maximum Gasteiger partial charge on any atom is 0.303 e. The number of nitrogens with one attached hydrogen (secondary N) is 1. The molecule has 2 atom stereocenters. The van der Waals surface area contributed by atoms with Crippen molar-refractivity contribution in [3.8, 4) is 17.2 Å². The van der Waals surface area contributed by atoms with E-state index < -0.39 is 12.1 Å². The molecule has 0 amide bonds. The second kappa shape index (κ2) is 10.5. The van der Waals surface area contributed by atoms with E-state index in [1.807, 2.05) is 31.2 Å². The molecule has 152 valence electrons. The summed E-state index contributed by atoms with van der Waals surface area (Å²) >= 11 is 0. The first-order valence-electron chi connectivity index (χ1n) is 9.21. The van der Waals surface area contributed by atoms with Crippen LogP contribution in [0, 0.1) is 0 Å². The van der Waals surface area contributed by atoms with Crippen LogP contribution in [0.1, 0.15) is 37.0 Å². The van der Waals surface area contributed by atoms with Crippen LogP contribution in [0.15, 0.2) is 42.5 Å². The van der Waals surface area contributed by atoms with E-state index in [4.69, 9.17) is 9.84 Å². The Kier molecular flexibility index (Phi) is 8.10. The summed E-state index contributed by atoms with van der Waals surface area (Å²) in [6.45, 7) is 2.66. The average molecular weight is 389 g/mol. The molecule has 28 heavy (non-hydrogen) atoms.